The Bertz CT molecular complexity index is 993. The van der Waals surface area contributed by atoms with Gasteiger partial charge in [-0.2, -0.15) is 16.8 Å². The Labute approximate surface area is 177 Å². The molecule has 0 aliphatic heterocycles. The lowest BCUT2D eigenvalue weighted by Crippen LogP contribution is -2.33. The zero-order chi connectivity index (χ0) is 22.5. The second kappa shape index (κ2) is 10.4. The van der Waals surface area contributed by atoms with Crippen LogP contribution in [0.3, 0.4) is 0 Å². The molecule has 0 heterocycles. The predicted molar refractivity (Wildman–Crippen MR) is 110 cm³/mol. The molecule has 0 bridgehead atoms. The Hall–Kier alpha value is -0.920. The second-order valence-electron chi connectivity index (χ2n) is 6.51. The molecule has 1 rings (SSSR count). The monoisotopic (exact) mass is 492 g/mol. The summed E-state index contributed by atoms with van der Waals surface area (Å²) >= 11 is 6.08. The van der Waals surface area contributed by atoms with E-state index in [4.69, 9.17) is 16.3 Å². The number of rotatable bonds is 12. The minimum atomic E-state index is -3.88. The molecular formula is C16H25ClO9S3. The van der Waals surface area contributed by atoms with Crippen molar-refractivity contribution in [2.75, 3.05) is 38.1 Å². The van der Waals surface area contributed by atoms with Gasteiger partial charge in [0.15, 0.2) is 9.84 Å². The van der Waals surface area contributed by atoms with E-state index < -0.39 is 54.3 Å². The summed E-state index contributed by atoms with van der Waals surface area (Å²) in [6.07, 6.45) is 1.36. The van der Waals surface area contributed by atoms with Gasteiger partial charge in [-0.3, -0.25) is 8.37 Å². The van der Waals surface area contributed by atoms with Crippen molar-refractivity contribution in [1.29, 1.82) is 0 Å². The highest BCUT2D eigenvalue weighted by Crippen LogP contribution is 2.26. The molecule has 1 atom stereocenters. The molecule has 168 valence electrons. The maximum absolute atomic E-state index is 12.6. The largest absolute Gasteiger partial charge is 0.493 e. The van der Waals surface area contributed by atoms with Crippen molar-refractivity contribution in [3.05, 3.63) is 28.3 Å². The summed E-state index contributed by atoms with van der Waals surface area (Å²) in [7, 11) is -11.5. The molecule has 1 aromatic rings. The van der Waals surface area contributed by atoms with Crippen LogP contribution in [-0.2, 0) is 38.4 Å². The third kappa shape index (κ3) is 10.1. The lowest BCUT2D eigenvalue weighted by Gasteiger charge is -2.17. The van der Waals surface area contributed by atoms with Gasteiger partial charge in [0, 0.05) is 5.02 Å². The summed E-state index contributed by atoms with van der Waals surface area (Å²) < 4.78 is 84.4. The molecule has 0 aromatic heterocycles. The average Bonchev–Trinajstić information content (AvgIpc) is 2.53. The number of aryl methyl sites for hydroxylation is 2. The fraction of sp³-hybridized carbons (Fsp3) is 0.625. The Morgan fingerprint density at radius 2 is 1.41 bits per heavy atom. The lowest BCUT2D eigenvalue weighted by molar-refractivity contribution is 0.273. The van der Waals surface area contributed by atoms with Gasteiger partial charge in [-0.25, -0.2) is 8.42 Å². The maximum atomic E-state index is 12.6. The maximum Gasteiger partial charge on any atom is 0.264 e. The van der Waals surface area contributed by atoms with Crippen molar-refractivity contribution < 1.29 is 38.4 Å². The quantitative estimate of drug-likeness (QED) is 0.398. The summed E-state index contributed by atoms with van der Waals surface area (Å²) in [5, 5.41) is -0.690. The molecule has 0 unspecified atom stereocenters. The third-order valence-electron chi connectivity index (χ3n) is 3.76. The average molecular weight is 493 g/mol. The lowest BCUT2D eigenvalue weighted by atomic mass is 10.1. The second-order valence-corrected chi connectivity index (χ2v) is 12.6. The zero-order valence-corrected chi connectivity index (χ0v) is 19.7. The van der Waals surface area contributed by atoms with Crippen molar-refractivity contribution in [1.82, 2.24) is 0 Å². The molecule has 0 saturated heterocycles. The zero-order valence-electron chi connectivity index (χ0n) is 16.5. The number of hydrogen-bond donors (Lipinski definition) is 0. The molecule has 0 saturated carbocycles. The predicted octanol–water partition coefficient (Wildman–Crippen LogP) is 1.46. The van der Waals surface area contributed by atoms with E-state index in [1.165, 1.54) is 0 Å². The van der Waals surface area contributed by atoms with Gasteiger partial charge in [0.2, 0.25) is 0 Å². The SMILES string of the molecule is Cc1cc(OCCS(=O)(=O)[C@@H](CCOS(C)(=O)=O)COS(C)(=O)=O)cc(C)c1Cl. The van der Waals surface area contributed by atoms with Gasteiger partial charge in [0.1, 0.15) is 12.4 Å². The van der Waals surface area contributed by atoms with Crippen LogP contribution in [0.15, 0.2) is 12.1 Å². The summed E-state index contributed by atoms with van der Waals surface area (Å²) in [6, 6.07) is 3.35. The minimum Gasteiger partial charge on any atom is -0.493 e. The first-order valence-corrected chi connectivity index (χ1v) is 14.1. The van der Waals surface area contributed by atoms with Gasteiger partial charge < -0.3 is 4.74 Å². The van der Waals surface area contributed by atoms with E-state index in [0.29, 0.717) is 10.8 Å². The Balaban J connectivity index is 2.81. The van der Waals surface area contributed by atoms with Crippen molar-refractivity contribution in [3.8, 4) is 5.75 Å². The third-order valence-corrected chi connectivity index (χ3v) is 7.64. The molecule has 0 aliphatic carbocycles. The molecule has 0 amide bonds. The highest BCUT2D eigenvalue weighted by molar-refractivity contribution is 7.92. The molecule has 0 fully saturated rings. The Morgan fingerprint density at radius 1 is 0.897 bits per heavy atom. The number of ether oxygens (including phenoxy) is 1. The van der Waals surface area contributed by atoms with Crippen LogP contribution in [0.5, 0.6) is 5.75 Å². The van der Waals surface area contributed by atoms with Crippen LogP contribution in [0.4, 0.5) is 0 Å². The van der Waals surface area contributed by atoms with Crippen LogP contribution in [0.2, 0.25) is 5.02 Å². The number of halogens is 1. The highest BCUT2D eigenvalue weighted by atomic mass is 35.5. The van der Waals surface area contributed by atoms with E-state index in [2.05, 4.69) is 8.37 Å². The van der Waals surface area contributed by atoms with E-state index in [-0.39, 0.29) is 13.0 Å². The van der Waals surface area contributed by atoms with Crippen molar-refractivity contribution in [2.45, 2.75) is 25.5 Å². The van der Waals surface area contributed by atoms with Crippen LogP contribution in [0.1, 0.15) is 17.5 Å². The van der Waals surface area contributed by atoms with Crippen molar-refractivity contribution in [2.24, 2.45) is 0 Å². The van der Waals surface area contributed by atoms with E-state index in [0.717, 1.165) is 23.6 Å². The summed E-state index contributed by atoms with van der Waals surface area (Å²) in [4.78, 5) is 0. The Morgan fingerprint density at radius 3 is 1.90 bits per heavy atom. The van der Waals surface area contributed by atoms with Crippen LogP contribution in [-0.4, -0.2) is 68.6 Å². The van der Waals surface area contributed by atoms with E-state index in [1.54, 1.807) is 26.0 Å². The summed E-state index contributed by atoms with van der Waals surface area (Å²) in [5.74, 6) is 0.0219. The molecule has 13 heteroatoms. The van der Waals surface area contributed by atoms with E-state index in [1.807, 2.05) is 0 Å². The fourth-order valence-electron chi connectivity index (χ4n) is 2.33. The molecule has 0 aliphatic rings. The van der Waals surface area contributed by atoms with Crippen LogP contribution < -0.4 is 4.74 Å². The fourth-order valence-corrected chi connectivity index (χ4v) is 4.71. The highest BCUT2D eigenvalue weighted by Gasteiger charge is 2.28. The molecule has 0 radical (unpaired) electrons. The smallest absolute Gasteiger partial charge is 0.264 e. The van der Waals surface area contributed by atoms with Crippen molar-refractivity contribution >= 4 is 41.7 Å². The van der Waals surface area contributed by atoms with Crippen LogP contribution >= 0.6 is 11.6 Å². The van der Waals surface area contributed by atoms with Gasteiger partial charge in [-0.05, 0) is 43.5 Å². The van der Waals surface area contributed by atoms with Gasteiger partial charge >= 0.3 is 0 Å². The molecule has 0 N–H and O–H groups in total. The topological polar surface area (TPSA) is 130 Å². The first-order valence-electron chi connectivity index (χ1n) is 8.40. The van der Waals surface area contributed by atoms with Crippen LogP contribution in [0.25, 0.3) is 0 Å². The first kappa shape index (κ1) is 26.1. The van der Waals surface area contributed by atoms with E-state index >= 15 is 0 Å². The molecule has 1 aromatic carbocycles. The van der Waals surface area contributed by atoms with Crippen molar-refractivity contribution in [3.63, 3.8) is 0 Å². The first-order chi connectivity index (χ1) is 13.1. The molecule has 29 heavy (non-hydrogen) atoms. The van der Waals surface area contributed by atoms with Gasteiger partial charge in [-0.1, -0.05) is 11.6 Å². The Kier molecular flexibility index (Phi) is 9.37. The summed E-state index contributed by atoms with van der Waals surface area (Å²) in [5.41, 5.74) is 1.56. The minimum absolute atomic E-state index is 0.189. The molecular weight excluding hydrogens is 468 g/mol. The van der Waals surface area contributed by atoms with Gasteiger partial charge in [0.05, 0.1) is 36.7 Å². The van der Waals surface area contributed by atoms with E-state index in [9.17, 15) is 25.3 Å². The van der Waals surface area contributed by atoms with Crippen LogP contribution in [0, 0.1) is 13.8 Å². The normalized spacial score (nSPS) is 14.0. The van der Waals surface area contributed by atoms with Gasteiger partial charge in [-0.15, -0.1) is 0 Å². The number of hydrogen-bond acceptors (Lipinski definition) is 9. The molecule has 9 nitrogen and oxygen atoms in total. The number of sulfone groups is 1. The number of benzene rings is 1. The standard InChI is InChI=1S/C16H25ClO9S3/c1-12-9-14(10-13(2)16(12)17)24-7-8-29(22,23)15(11-26-28(4,20)21)5-6-25-27(3,18)19/h9-10,15H,5-8,11H2,1-4H3/t15-/m0/s1. The van der Waals surface area contributed by atoms with Gasteiger partial charge in [0.25, 0.3) is 20.2 Å². The summed E-state index contributed by atoms with van der Waals surface area (Å²) in [6.45, 7) is 2.32. The molecule has 0 spiro atoms.